The van der Waals surface area contributed by atoms with Crippen molar-refractivity contribution < 1.29 is 19.0 Å². The van der Waals surface area contributed by atoms with Gasteiger partial charge in [0.1, 0.15) is 0 Å². The summed E-state index contributed by atoms with van der Waals surface area (Å²) in [6.45, 7) is 0. The molecule has 3 rings (SSSR count). The van der Waals surface area contributed by atoms with Crippen molar-refractivity contribution in [2.45, 2.75) is 12.8 Å². The van der Waals surface area contributed by atoms with Crippen LogP contribution in [0, 0.1) is 5.92 Å². The number of nitrogens with one attached hydrogen (secondary N) is 1. The fourth-order valence-corrected chi connectivity index (χ4v) is 5.34. The summed E-state index contributed by atoms with van der Waals surface area (Å²) in [7, 11) is -2.40. The second-order valence-corrected chi connectivity index (χ2v) is 8.79. The lowest BCUT2D eigenvalue weighted by molar-refractivity contribution is 0.0698. The quantitative estimate of drug-likeness (QED) is 0.655. The van der Waals surface area contributed by atoms with Crippen molar-refractivity contribution in [3.8, 4) is 0 Å². The van der Waals surface area contributed by atoms with Gasteiger partial charge in [-0.2, -0.15) is 10.6 Å². The molecule has 2 aromatic rings. The van der Waals surface area contributed by atoms with E-state index in [2.05, 4.69) is 20.9 Å². The van der Waals surface area contributed by atoms with Crippen LogP contribution in [0.5, 0.6) is 0 Å². The van der Waals surface area contributed by atoms with E-state index in [4.69, 9.17) is 0 Å². The monoisotopic (exact) mass is 373 g/mol. The van der Waals surface area contributed by atoms with E-state index in [-0.39, 0.29) is 11.5 Å². The van der Waals surface area contributed by atoms with Crippen LogP contribution in [0.25, 0.3) is 10.9 Å². The van der Waals surface area contributed by atoms with E-state index in [1.807, 2.05) is 12.3 Å². The Morgan fingerprint density at radius 3 is 2.81 bits per heavy atom. The summed E-state index contributed by atoms with van der Waals surface area (Å²) in [6, 6.07) is 3.48. The Hall–Kier alpha value is -1.02. The summed E-state index contributed by atoms with van der Waals surface area (Å²) in [4.78, 5) is 14.3. The molecule has 1 fully saturated rings. The van der Waals surface area contributed by atoms with E-state index in [1.54, 1.807) is 6.07 Å². The Morgan fingerprint density at radius 1 is 1.43 bits per heavy atom. The second kappa shape index (κ2) is 5.31. The fourth-order valence-electron chi connectivity index (χ4n) is 2.96. The Kier molecular flexibility index (Phi) is 3.77. The average molecular weight is 374 g/mol. The van der Waals surface area contributed by atoms with Gasteiger partial charge in [0, 0.05) is 27.6 Å². The summed E-state index contributed by atoms with van der Waals surface area (Å²) in [5, 5.41) is 10.1. The first kappa shape index (κ1) is 14.9. The highest BCUT2D eigenvalue weighted by atomic mass is 79.9. The Bertz CT molecular complexity index is 712. The molecule has 2 heterocycles. The van der Waals surface area contributed by atoms with E-state index >= 15 is 0 Å². The second-order valence-electron chi connectivity index (χ2n) is 5.53. The number of carboxylic acids is 1. The Morgan fingerprint density at radius 2 is 2.19 bits per heavy atom. The summed E-state index contributed by atoms with van der Waals surface area (Å²) >= 11 is 3.35. The predicted octanol–water partition coefficient (Wildman–Crippen LogP) is 3.94. The molecule has 0 saturated carbocycles. The zero-order valence-electron chi connectivity index (χ0n) is 11.2. The van der Waals surface area contributed by atoms with Crippen LogP contribution >= 0.6 is 26.5 Å². The fraction of sp³-hybridized carbons (Fsp3) is 0.357. The van der Waals surface area contributed by atoms with E-state index in [0.29, 0.717) is 17.0 Å². The van der Waals surface area contributed by atoms with Crippen LogP contribution in [0.1, 0.15) is 22.3 Å². The molecule has 4 N–H and O–H groups in total. The van der Waals surface area contributed by atoms with Crippen LogP contribution in [-0.2, 0) is 6.42 Å². The maximum Gasteiger partial charge on any atom is 0.337 e. The highest BCUT2D eigenvalue weighted by Gasteiger charge is 2.29. The third-order valence-corrected chi connectivity index (χ3v) is 6.29. The van der Waals surface area contributed by atoms with Gasteiger partial charge >= 0.3 is 5.97 Å². The van der Waals surface area contributed by atoms with Gasteiger partial charge < -0.3 is 10.1 Å². The van der Waals surface area contributed by atoms with E-state index in [1.165, 1.54) is 0 Å². The van der Waals surface area contributed by atoms with Crippen molar-refractivity contribution >= 4 is 43.4 Å². The van der Waals surface area contributed by atoms with Crippen LogP contribution in [-0.4, -0.2) is 36.7 Å². The third-order valence-electron chi connectivity index (χ3n) is 3.93. The minimum atomic E-state index is -2.40. The van der Waals surface area contributed by atoms with Crippen molar-refractivity contribution in [1.29, 1.82) is 0 Å². The standard InChI is InChI=1S/C14H16BrNO4S/c15-10-4-11-9(3-8-1-2-21(19,20)7-8)6-16-13(11)12(5-10)14(17)18/h4-6,8,16,19-20H,1-3,7H2,(H,17,18). The third kappa shape index (κ3) is 2.96. The van der Waals surface area contributed by atoms with Gasteiger partial charge in [0.15, 0.2) is 0 Å². The molecule has 0 amide bonds. The molecule has 21 heavy (non-hydrogen) atoms. The van der Waals surface area contributed by atoms with Crippen LogP contribution in [0.2, 0.25) is 0 Å². The molecule has 5 nitrogen and oxygen atoms in total. The van der Waals surface area contributed by atoms with Gasteiger partial charge in [0.2, 0.25) is 0 Å². The Labute approximate surface area is 131 Å². The first-order valence-electron chi connectivity index (χ1n) is 6.62. The highest BCUT2D eigenvalue weighted by molar-refractivity contribution is 9.10. The lowest BCUT2D eigenvalue weighted by Crippen LogP contribution is -2.05. The van der Waals surface area contributed by atoms with Crippen LogP contribution in [0.4, 0.5) is 0 Å². The van der Waals surface area contributed by atoms with Crippen LogP contribution < -0.4 is 0 Å². The molecule has 0 bridgehead atoms. The van der Waals surface area contributed by atoms with Gasteiger partial charge in [-0.1, -0.05) is 15.9 Å². The zero-order valence-corrected chi connectivity index (χ0v) is 13.6. The molecular weight excluding hydrogens is 358 g/mol. The highest BCUT2D eigenvalue weighted by Crippen LogP contribution is 2.49. The lowest BCUT2D eigenvalue weighted by Gasteiger charge is -2.26. The number of carboxylic acid groups (broad SMARTS) is 1. The zero-order chi connectivity index (χ0) is 15.2. The maximum atomic E-state index is 11.3. The van der Waals surface area contributed by atoms with Crippen LogP contribution in [0.15, 0.2) is 22.8 Å². The smallest absolute Gasteiger partial charge is 0.337 e. The topological polar surface area (TPSA) is 93.6 Å². The number of rotatable bonds is 3. The van der Waals surface area contributed by atoms with Crippen molar-refractivity contribution in [2.75, 3.05) is 11.5 Å². The number of hydrogen-bond acceptors (Lipinski definition) is 3. The van der Waals surface area contributed by atoms with Gasteiger partial charge in [-0.05, 0) is 36.5 Å². The number of benzene rings is 1. The summed E-state index contributed by atoms with van der Waals surface area (Å²) in [6.07, 6.45) is 3.35. The van der Waals surface area contributed by atoms with E-state index < -0.39 is 16.6 Å². The number of carbonyl (C=O) groups is 1. The van der Waals surface area contributed by atoms with Crippen molar-refractivity contribution in [2.24, 2.45) is 5.92 Å². The number of aromatic carboxylic acids is 1. The molecule has 0 radical (unpaired) electrons. The SMILES string of the molecule is O=C(O)c1cc(Br)cc2c(CC3CCS(O)(O)C3)c[nH]c12. The van der Waals surface area contributed by atoms with Gasteiger partial charge in [0.25, 0.3) is 0 Å². The molecule has 7 heteroatoms. The van der Waals surface area contributed by atoms with E-state index in [0.717, 1.165) is 28.3 Å². The number of aromatic nitrogens is 1. The molecular formula is C14H16BrNO4S. The predicted molar refractivity (Wildman–Crippen MR) is 87.4 cm³/mol. The number of halogens is 1. The molecule has 1 aromatic carbocycles. The van der Waals surface area contributed by atoms with Gasteiger partial charge in [-0.25, -0.2) is 4.79 Å². The maximum absolute atomic E-state index is 11.3. The van der Waals surface area contributed by atoms with Crippen molar-refractivity contribution in [3.05, 3.63) is 33.9 Å². The number of fused-ring (bicyclic) bond motifs is 1. The summed E-state index contributed by atoms with van der Waals surface area (Å²) in [5.74, 6) is 0.190. The average Bonchev–Trinajstić information content (AvgIpc) is 2.93. The molecule has 1 aromatic heterocycles. The van der Waals surface area contributed by atoms with E-state index in [9.17, 15) is 19.0 Å². The molecule has 1 aliphatic rings. The minimum Gasteiger partial charge on any atom is -0.478 e. The first-order chi connectivity index (χ1) is 9.85. The Balaban J connectivity index is 1.95. The first-order valence-corrected chi connectivity index (χ1v) is 9.30. The molecule has 0 aliphatic carbocycles. The number of hydrogen-bond donors (Lipinski definition) is 4. The number of aromatic amines is 1. The van der Waals surface area contributed by atoms with Gasteiger partial charge in [-0.15, -0.1) is 0 Å². The van der Waals surface area contributed by atoms with Gasteiger partial charge in [0.05, 0.1) is 11.1 Å². The molecule has 1 aliphatic heterocycles. The summed E-state index contributed by atoms with van der Waals surface area (Å²) < 4.78 is 20.2. The molecule has 1 saturated heterocycles. The van der Waals surface area contributed by atoms with Crippen molar-refractivity contribution in [3.63, 3.8) is 0 Å². The molecule has 1 unspecified atom stereocenters. The molecule has 1 atom stereocenters. The molecule has 114 valence electrons. The molecule has 0 spiro atoms. The largest absolute Gasteiger partial charge is 0.478 e. The van der Waals surface area contributed by atoms with Crippen molar-refractivity contribution in [1.82, 2.24) is 4.98 Å². The van der Waals surface area contributed by atoms with Gasteiger partial charge in [-0.3, -0.25) is 9.11 Å². The summed E-state index contributed by atoms with van der Waals surface area (Å²) in [5.41, 5.74) is 1.88. The minimum absolute atomic E-state index is 0.237. The van der Waals surface area contributed by atoms with Crippen LogP contribution in [0.3, 0.4) is 0 Å². The number of H-pyrrole nitrogens is 1. The normalized spacial score (nSPS) is 22.5. The lowest BCUT2D eigenvalue weighted by atomic mass is 9.98.